The monoisotopic (exact) mass is 267 g/mol. The van der Waals surface area contributed by atoms with Crippen LogP contribution in [0.15, 0.2) is 0 Å². The highest BCUT2D eigenvalue weighted by molar-refractivity contribution is 5.90. The third-order valence-corrected chi connectivity index (χ3v) is 4.04. The molecule has 1 atom stereocenters. The molecule has 2 amide bonds. The summed E-state index contributed by atoms with van der Waals surface area (Å²) in [5.41, 5.74) is 0. The molecular weight excluding hydrogens is 242 g/mol. The number of rotatable bonds is 5. The summed E-state index contributed by atoms with van der Waals surface area (Å²) >= 11 is 0. The van der Waals surface area contributed by atoms with E-state index in [1.165, 1.54) is 0 Å². The van der Waals surface area contributed by atoms with E-state index in [0.717, 1.165) is 45.4 Å². The third kappa shape index (κ3) is 3.93. The van der Waals surface area contributed by atoms with Crippen LogP contribution in [0, 0.1) is 5.92 Å². The second-order valence-corrected chi connectivity index (χ2v) is 5.64. The minimum atomic E-state index is -0.277. The molecule has 0 saturated carbocycles. The van der Waals surface area contributed by atoms with Crippen molar-refractivity contribution in [2.75, 3.05) is 26.2 Å². The molecule has 2 saturated heterocycles. The van der Waals surface area contributed by atoms with Crippen molar-refractivity contribution in [3.63, 3.8) is 0 Å². The van der Waals surface area contributed by atoms with Crippen molar-refractivity contribution in [3.8, 4) is 0 Å². The average Bonchev–Trinajstić information content (AvgIpc) is 2.85. The zero-order chi connectivity index (χ0) is 13.7. The Morgan fingerprint density at radius 1 is 1.32 bits per heavy atom. The van der Waals surface area contributed by atoms with Crippen LogP contribution in [-0.4, -0.2) is 48.9 Å². The predicted octanol–water partition coefficient (Wildman–Crippen LogP) is 0.503. The van der Waals surface area contributed by atoms with Crippen LogP contribution in [0.3, 0.4) is 0 Å². The second-order valence-electron chi connectivity index (χ2n) is 5.64. The third-order valence-electron chi connectivity index (χ3n) is 4.04. The Morgan fingerprint density at radius 2 is 2.05 bits per heavy atom. The fraction of sp³-hybridized carbons (Fsp3) is 0.857. The number of nitrogens with zero attached hydrogens (tertiary/aromatic N) is 1. The van der Waals surface area contributed by atoms with Gasteiger partial charge in [0.2, 0.25) is 11.8 Å². The lowest BCUT2D eigenvalue weighted by atomic mass is 9.97. The summed E-state index contributed by atoms with van der Waals surface area (Å²) in [5.74, 6) is 0.733. The molecule has 2 N–H and O–H groups in total. The van der Waals surface area contributed by atoms with Gasteiger partial charge in [-0.15, -0.1) is 0 Å². The lowest BCUT2D eigenvalue weighted by Crippen LogP contribution is -2.47. The first kappa shape index (κ1) is 14.3. The molecule has 0 bridgehead atoms. The van der Waals surface area contributed by atoms with Crippen molar-refractivity contribution in [2.45, 2.75) is 45.1 Å². The predicted molar refractivity (Wildman–Crippen MR) is 73.6 cm³/mol. The number of hydrogen-bond donors (Lipinski definition) is 2. The molecule has 0 aromatic carbocycles. The maximum Gasteiger partial charge on any atom is 0.245 e. The Balaban J connectivity index is 1.90. The molecule has 5 nitrogen and oxygen atoms in total. The largest absolute Gasteiger partial charge is 0.344 e. The van der Waals surface area contributed by atoms with Crippen molar-refractivity contribution in [3.05, 3.63) is 0 Å². The van der Waals surface area contributed by atoms with E-state index >= 15 is 0 Å². The number of amides is 2. The fourth-order valence-electron chi connectivity index (χ4n) is 2.96. The van der Waals surface area contributed by atoms with E-state index in [4.69, 9.17) is 0 Å². The molecule has 2 rings (SSSR count). The molecule has 0 aromatic rings. The van der Waals surface area contributed by atoms with Crippen molar-refractivity contribution >= 4 is 11.8 Å². The van der Waals surface area contributed by atoms with Crippen molar-refractivity contribution < 1.29 is 9.59 Å². The van der Waals surface area contributed by atoms with Gasteiger partial charge in [-0.1, -0.05) is 6.92 Å². The van der Waals surface area contributed by atoms with E-state index in [2.05, 4.69) is 17.6 Å². The number of nitrogens with one attached hydrogen (secondary N) is 2. The smallest absolute Gasteiger partial charge is 0.245 e. The highest BCUT2D eigenvalue weighted by Crippen LogP contribution is 2.16. The maximum atomic E-state index is 12.5. The number of carbonyl (C=O) groups excluding carboxylic acids is 2. The van der Waals surface area contributed by atoms with Gasteiger partial charge in [-0.2, -0.15) is 0 Å². The van der Waals surface area contributed by atoms with Crippen LogP contribution < -0.4 is 10.6 Å². The Bertz CT molecular complexity index is 327. The molecule has 0 spiro atoms. The standard InChI is InChI=1S/C14H25N3O2/c1-2-9-17(10-11-5-7-15-8-6-11)14(19)12-3-4-13(18)16-12/h11-12,15H,2-10H2,1H3,(H,16,18). The van der Waals surface area contributed by atoms with Crippen LogP contribution in [0.1, 0.15) is 39.0 Å². The molecule has 2 aliphatic heterocycles. The molecule has 5 heteroatoms. The summed E-state index contributed by atoms with van der Waals surface area (Å²) in [6.07, 6.45) is 4.40. The van der Waals surface area contributed by atoms with E-state index in [-0.39, 0.29) is 17.9 Å². The van der Waals surface area contributed by atoms with Gasteiger partial charge >= 0.3 is 0 Å². The van der Waals surface area contributed by atoms with Crippen molar-refractivity contribution in [1.29, 1.82) is 0 Å². The second kappa shape index (κ2) is 6.89. The van der Waals surface area contributed by atoms with E-state index < -0.39 is 0 Å². The van der Waals surface area contributed by atoms with Crippen LogP contribution in [-0.2, 0) is 9.59 Å². The molecule has 2 fully saturated rings. The zero-order valence-corrected chi connectivity index (χ0v) is 11.8. The molecule has 108 valence electrons. The van der Waals surface area contributed by atoms with Crippen LogP contribution in [0.25, 0.3) is 0 Å². The van der Waals surface area contributed by atoms with Crippen LogP contribution in [0.5, 0.6) is 0 Å². The normalized spacial score (nSPS) is 24.3. The summed E-state index contributed by atoms with van der Waals surface area (Å²) in [6.45, 7) is 5.85. The summed E-state index contributed by atoms with van der Waals surface area (Å²) in [5, 5.41) is 6.14. The lowest BCUT2D eigenvalue weighted by molar-refractivity contribution is -0.135. The van der Waals surface area contributed by atoms with Crippen LogP contribution in [0.2, 0.25) is 0 Å². The topological polar surface area (TPSA) is 61.4 Å². The Hall–Kier alpha value is -1.10. The highest BCUT2D eigenvalue weighted by atomic mass is 16.2. The first-order valence-corrected chi connectivity index (χ1v) is 7.49. The summed E-state index contributed by atoms with van der Waals surface area (Å²) < 4.78 is 0. The number of carbonyl (C=O) groups is 2. The van der Waals surface area contributed by atoms with Crippen molar-refractivity contribution in [2.24, 2.45) is 5.92 Å². The molecular formula is C14H25N3O2. The van der Waals surface area contributed by atoms with Gasteiger partial charge in [0, 0.05) is 19.5 Å². The van der Waals surface area contributed by atoms with Gasteiger partial charge in [0.15, 0.2) is 0 Å². The molecule has 1 unspecified atom stereocenters. The number of hydrogen-bond acceptors (Lipinski definition) is 3. The van der Waals surface area contributed by atoms with Gasteiger partial charge in [0.1, 0.15) is 6.04 Å². The molecule has 0 radical (unpaired) electrons. The van der Waals surface area contributed by atoms with Crippen LogP contribution in [0.4, 0.5) is 0 Å². The van der Waals surface area contributed by atoms with Gasteiger partial charge in [-0.05, 0) is 44.7 Å². The Morgan fingerprint density at radius 3 is 2.63 bits per heavy atom. The molecule has 2 aliphatic rings. The summed E-state index contributed by atoms with van der Waals surface area (Å²) in [6, 6.07) is -0.277. The van der Waals surface area contributed by atoms with E-state index in [1.807, 2.05) is 4.90 Å². The summed E-state index contributed by atoms with van der Waals surface area (Å²) in [4.78, 5) is 25.7. The van der Waals surface area contributed by atoms with Gasteiger partial charge in [-0.3, -0.25) is 9.59 Å². The Kier molecular flexibility index (Phi) is 5.19. The fourth-order valence-corrected chi connectivity index (χ4v) is 2.96. The van der Waals surface area contributed by atoms with E-state index in [9.17, 15) is 9.59 Å². The summed E-state index contributed by atoms with van der Waals surface area (Å²) in [7, 11) is 0. The van der Waals surface area contributed by atoms with Gasteiger partial charge < -0.3 is 15.5 Å². The molecule has 2 heterocycles. The SMILES string of the molecule is CCCN(CC1CCNCC1)C(=O)C1CCC(=O)N1. The van der Waals surface area contributed by atoms with Gasteiger partial charge in [0.25, 0.3) is 0 Å². The maximum absolute atomic E-state index is 12.5. The van der Waals surface area contributed by atoms with Gasteiger partial charge in [0.05, 0.1) is 0 Å². The van der Waals surface area contributed by atoms with E-state index in [1.54, 1.807) is 0 Å². The lowest BCUT2D eigenvalue weighted by Gasteiger charge is -2.31. The molecule has 0 aliphatic carbocycles. The van der Waals surface area contributed by atoms with Crippen LogP contribution >= 0.6 is 0 Å². The Labute approximate surface area is 115 Å². The first-order valence-electron chi connectivity index (χ1n) is 7.49. The van der Waals surface area contributed by atoms with Crippen molar-refractivity contribution in [1.82, 2.24) is 15.5 Å². The quantitative estimate of drug-likeness (QED) is 0.762. The minimum absolute atomic E-state index is 0.0108. The number of piperidine rings is 1. The van der Waals surface area contributed by atoms with E-state index in [0.29, 0.717) is 18.8 Å². The average molecular weight is 267 g/mol. The minimum Gasteiger partial charge on any atom is -0.344 e. The molecule has 0 aromatic heterocycles. The van der Waals surface area contributed by atoms with Gasteiger partial charge in [-0.25, -0.2) is 0 Å². The molecule has 19 heavy (non-hydrogen) atoms. The zero-order valence-electron chi connectivity index (χ0n) is 11.8. The first-order chi connectivity index (χ1) is 9.20. The highest BCUT2D eigenvalue weighted by Gasteiger charge is 2.31.